The van der Waals surface area contributed by atoms with Crippen molar-refractivity contribution >= 4 is 50.9 Å². The summed E-state index contributed by atoms with van der Waals surface area (Å²) in [6.07, 6.45) is 4.37. The molecule has 10 heteroatoms. The quantitative estimate of drug-likeness (QED) is 0.377. The fourth-order valence-electron chi connectivity index (χ4n) is 4.92. The van der Waals surface area contributed by atoms with E-state index in [2.05, 4.69) is 53.8 Å². The van der Waals surface area contributed by atoms with Crippen molar-refractivity contribution in [2.45, 2.75) is 25.3 Å². The normalized spacial score (nSPS) is 19.7. The van der Waals surface area contributed by atoms with Crippen LogP contribution >= 0.6 is 15.9 Å². The van der Waals surface area contributed by atoms with E-state index in [1.165, 1.54) is 0 Å². The first kappa shape index (κ1) is 26.1. The number of anilines is 4. The van der Waals surface area contributed by atoms with Crippen LogP contribution in [0.3, 0.4) is 0 Å². The second-order valence-corrected chi connectivity index (χ2v) is 10.7. The largest absolute Gasteiger partial charge is 0.365 e. The van der Waals surface area contributed by atoms with Crippen molar-refractivity contribution in [3.05, 3.63) is 70.8 Å². The molecule has 2 aliphatic rings. The molecule has 5 rings (SSSR count). The lowest BCUT2D eigenvalue weighted by Gasteiger charge is -2.32. The minimum absolute atomic E-state index is 0.0148. The molecule has 1 aliphatic heterocycles. The van der Waals surface area contributed by atoms with Crippen molar-refractivity contribution in [3.8, 4) is 0 Å². The Morgan fingerprint density at radius 3 is 2.42 bits per heavy atom. The number of hydrogen-bond donors (Lipinski definition) is 3. The summed E-state index contributed by atoms with van der Waals surface area (Å²) in [6, 6.07) is 16.9. The van der Waals surface area contributed by atoms with Crippen LogP contribution in [0.4, 0.5) is 23.1 Å². The van der Waals surface area contributed by atoms with E-state index in [1.54, 1.807) is 6.20 Å². The molecule has 1 aromatic heterocycles. The van der Waals surface area contributed by atoms with Crippen LogP contribution in [-0.2, 0) is 4.79 Å². The van der Waals surface area contributed by atoms with Crippen LogP contribution in [-0.4, -0.2) is 70.9 Å². The Balaban J connectivity index is 1.22. The van der Waals surface area contributed by atoms with Gasteiger partial charge in [0.25, 0.3) is 5.91 Å². The zero-order valence-electron chi connectivity index (χ0n) is 21.4. The van der Waals surface area contributed by atoms with E-state index in [-0.39, 0.29) is 23.8 Å². The predicted molar refractivity (Wildman–Crippen MR) is 153 cm³/mol. The number of halogens is 1. The van der Waals surface area contributed by atoms with Crippen LogP contribution in [0.5, 0.6) is 0 Å². The van der Waals surface area contributed by atoms with E-state index in [0.717, 1.165) is 61.3 Å². The van der Waals surface area contributed by atoms with Crippen molar-refractivity contribution < 1.29 is 9.59 Å². The fraction of sp³-hybridized carbons (Fsp3) is 0.357. The molecule has 0 bridgehead atoms. The summed E-state index contributed by atoms with van der Waals surface area (Å²) < 4.78 is 0.727. The molecule has 2 atom stereocenters. The third kappa shape index (κ3) is 6.31. The summed E-state index contributed by atoms with van der Waals surface area (Å²) >= 11 is 3.54. The first-order chi connectivity index (χ1) is 18.5. The molecule has 1 aliphatic carbocycles. The van der Waals surface area contributed by atoms with E-state index in [9.17, 15) is 9.59 Å². The van der Waals surface area contributed by atoms with Gasteiger partial charge in [0.2, 0.25) is 11.9 Å². The van der Waals surface area contributed by atoms with Gasteiger partial charge in [0.1, 0.15) is 5.82 Å². The second kappa shape index (κ2) is 11.9. The van der Waals surface area contributed by atoms with Crippen LogP contribution in [0, 0.1) is 5.92 Å². The van der Waals surface area contributed by atoms with Crippen LogP contribution in [0.15, 0.2) is 65.3 Å². The van der Waals surface area contributed by atoms with E-state index in [1.807, 2.05) is 59.5 Å². The molecule has 2 amide bonds. The van der Waals surface area contributed by atoms with Gasteiger partial charge in [-0.25, -0.2) is 4.98 Å². The smallest absolute Gasteiger partial charge is 0.253 e. The molecule has 2 fully saturated rings. The maximum atomic E-state index is 13.0. The van der Waals surface area contributed by atoms with Gasteiger partial charge in [-0.2, -0.15) is 4.98 Å². The molecule has 2 heterocycles. The Bertz CT molecular complexity index is 1260. The Morgan fingerprint density at radius 2 is 1.68 bits per heavy atom. The Labute approximate surface area is 231 Å². The maximum Gasteiger partial charge on any atom is 0.253 e. The molecule has 0 unspecified atom stereocenters. The van der Waals surface area contributed by atoms with Gasteiger partial charge in [-0.05, 0) is 72.2 Å². The molecule has 198 valence electrons. The lowest BCUT2D eigenvalue weighted by molar-refractivity contribution is -0.119. The summed E-state index contributed by atoms with van der Waals surface area (Å²) in [5.74, 6) is 0.976. The highest BCUT2D eigenvalue weighted by molar-refractivity contribution is 9.10. The summed E-state index contributed by atoms with van der Waals surface area (Å²) in [7, 11) is 2.07. The number of para-hydroxylation sites is 1. The van der Waals surface area contributed by atoms with Crippen molar-refractivity contribution in [2.24, 2.45) is 5.92 Å². The number of carbonyl (C=O) groups is 2. The molecule has 3 N–H and O–H groups in total. The summed E-state index contributed by atoms with van der Waals surface area (Å²) in [5, 5.41) is 9.71. The van der Waals surface area contributed by atoms with E-state index < -0.39 is 0 Å². The van der Waals surface area contributed by atoms with E-state index >= 15 is 0 Å². The maximum absolute atomic E-state index is 13.0. The number of nitrogens with zero attached hydrogens (tertiary/aromatic N) is 4. The molecule has 0 radical (unpaired) electrons. The standard InChI is InChI=1S/C28H32BrN7O2/c1-35-14-16-36(17-15-35)27(38)19-10-12-21(13-11-19)32-28-30-18-23(29)25(34-28)33-24-9-5-8-22(24)26(37)31-20-6-3-2-4-7-20/h2-4,6-7,10-13,18,22,24H,5,8-9,14-17H2,1H3,(H,31,37)(H2,30,32,33,34)/t22-,24+/m0/s1. The molecule has 1 saturated carbocycles. The number of nitrogens with one attached hydrogen (secondary N) is 3. The highest BCUT2D eigenvalue weighted by atomic mass is 79.9. The van der Waals surface area contributed by atoms with Crippen LogP contribution in [0.25, 0.3) is 0 Å². The first-order valence-corrected chi connectivity index (χ1v) is 13.8. The number of carbonyl (C=O) groups excluding carboxylic acids is 2. The number of aromatic nitrogens is 2. The second-order valence-electron chi connectivity index (χ2n) is 9.83. The summed E-state index contributed by atoms with van der Waals surface area (Å²) in [6.45, 7) is 3.27. The van der Waals surface area contributed by atoms with Gasteiger partial charge in [0.05, 0.1) is 10.4 Å². The first-order valence-electron chi connectivity index (χ1n) is 13.0. The van der Waals surface area contributed by atoms with Crippen LogP contribution in [0.1, 0.15) is 29.6 Å². The van der Waals surface area contributed by atoms with Gasteiger partial charge in [0.15, 0.2) is 0 Å². The van der Waals surface area contributed by atoms with Crippen LogP contribution in [0.2, 0.25) is 0 Å². The molecule has 9 nitrogen and oxygen atoms in total. The lowest BCUT2D eigenvalue weighted by Crippen LogP contribution is -2.47. The number of amides is 2. The number of rotatable bonds is 7. The molecular weight excluding hydrogens is 546 g/mol. The Morgan fingerprint density at radius 1 is 0.947 bits per heavy atom. The van der Waals surface area contributed by atoms with Crippen molar-refractivity contribution in [2.75, 3.05) is 49.2 Å². The molecule has 3 aromatic rings. The molecule has 2 aromatic carbocycles. The average Bonchev–Trinajstić information content (AvgIpc) is 3.40. The molecule has 0 spiro atoms. The molecule has 1 saturated heterocycles. The van der Waals surface area contributed by atoms with E-state index in [4.69, 9.17) is 0 Å². The third-order valence-corrected chi connectivity index (χ3v) is 7.72. The zero-order chi connectivity index (χ0) is 26.5. The van der Waals surface area contributed by atoms with Gasteiger partial charge < -0.3 is 25.8 Å². The predicted octanol–water partition coefficient (Wildman–Crippen LogP) is 4.59. The minimum atomic E-state index is -0.154. The highest BCUT2D eigenvalue weighted by Crippen LogP contribution is 2.32. The van der Waals surface area contributed by atoms with Crippen LogP contribution < -0.4 is 16.0 Å². The Kier molecular flexibility index (Phi) is 8.19. The Hall–Kier alpha value is -3.50. The minimum Gasteiger partial charge on any atom is -0.365 e. The number of hydrogen-bond acceptors (Lipinski definition) is 7. The van der Waals surface area contributed by atoms with E-state index in [0.29, 0.717) is 17.3 Å². The van der Waals surface area contributed by atoms with Crippen molar-refractivity contribution in [1.29, 1.82) is 0 Å². The SMILES string of the molecule is CN1CCN(C(=O)c2ccc(Nc3ncc(Br)c(N[C@@H]4CCC[C@@H]4C(=O)Nc4ccccc4)n3)cc2)CC1. The van der Waals surface area contributed by atoms with Gasteiger partial charge in [-0.15, -0.1) is 0 Å². The summed E-state index contributed by atoms with van der Waals surface area (Å²) in [4.78, 5) is 39.0. The number of piperazine rings is 1. The van der Waals surface area contributed by atoms with Gasteiger partial charge in [0, 0.05) is 55.4 Å². The molecule has 38 heavy (non-hydrogen) atoms. The van der Waals surface area contributed by atoms with Gasteiger partial charge in [-0.3, -0.25) is 9.59 Å². The van der Waals surface area contributed by atoms with Crippen molar-refractivity contribution in [3.63, 3.8) is 0 Å². The monoisotopic (exact) mass is 577 g/mol. The van der Waals surface area contributed by atoms with Crippen molar-refractivity contribution in [1.82, 2.24) is 19.8 Å². The van der Waals surface area contributed by atoms with Gasteiger partial charge >= 0.3 is 0 Å². The molecular formula is C28H32BrN7O2. The summed E-state index contributed by atoms with van der Waals surface area (Å²) in [5.41, 5.74) is 2.25. The zero-order valence-corrected chi connectivity index (χ0v) is 22.9. The topological polar surface area (TPSA) is 102 Å². The number of benzene rings is 2. The van der Waals surface area contributed by atoms with Gasteiger partial charge in [-0.1, -0.05) is 24.6 Å². The fourth-order valence-corrected chi connectivity index (χ4v) is 5.23. The third-order valence-electron chi connectivity index (χ3n) is 7.14. The average molecular weight is 579 g/mol. The highest BCUT2D eigenvalue weighted by Gasteiger charge is 2.33. The number of likely N-dealkylation sites (N-methyl/N-ethyl adjacent to an activating group) is 1. The lowest BCUT2D eigenvalue weighted by atomic mass is 10.0.